The average molecular weight is 328 g/mol. The zero-order chi connectivity index (χ0) is 17.1. The third-order valence-corrected chi connectivity index (χ3v) is 5.78. The number of amides is 1. The molecule has 2 fully saturated rings. The first-order valence-electron chi connectivity index (χ1n) is 9.17. The van der Waals surface area contributed by atoms with Crippen LogP contribution in [0, 0.1) is 18.3 Å². The minimum Gasteiger partial charge on any atom is -0.343 e. The van der Waals surface area contributed by atoms with E-state index >= 15 is 0 Å². The molecular weight excluding hydrogens is 300 g/mol. The standard InChI is InChI=1S/C19H28N4O/c1-15-16(12-18(13-20)21(15)2)14-23-9-4-3-6-17(23)8-11-22-10-5-7-19(22)24/h12,17H,3-11,14H2,1-2H3/t17-/m0/s1. The molecule has 3 heterocycles. The Kier molecular flexibility index (Phi) is 5.25. The largest absolute Gasteiger partial charge is 0.343 e. The first-order chi connectivity index (χ1) is 11.6. The number of piperidine rings is 1. The van der Waals surface area contributed by atoms with Crippen molar-refractivity contribution in [3.63, 3.8) is 0 Å². The molecule has 0 bridgehead atoms. The fourth-order valence-electron chi connectivity index (χ4n) is 4.09. The predicted molar refractivity (Wildman–Crippen MR) is 93.3 cm³/mol. The number of hydrogen-bond donors (Lipinski definition) is 0. The minimum absolute atomic E-state index is 0.329. The minimum atomic E-state index is 0.329. The molecule has 24 heavy (non-hydrogen) atoms. The van der Waals surface area contributed by atoms with Crippen LogP contribution in [-0.4, -0.2) is 46.0 Å². The number of carbonyl (C=O) groups excluding carboxylic acids is 1. The molecule has 5 heteroatoms. The van der Waals surface area contributed by atoms with Gasteiger partial charge in [-0.1, -0.05) is 6.42 Å². The lowest BCUT2D eigenvalue weighted by Crippen LogP contribution is -2.41. The third kappa shape index (κ3) is 3.49. The van der Waals surface area contributed by atoms with E-state index in [0.717, 1.165) is 51.1 Å². The second-order valence-corrected chi connectivity index (χ2v) is 7.20. The van der Waals surface area contributed by atoms with Crippen LogP contribution in [0.25, 0.3) is 0 Å². The molecule has 0 N–H and O–H groups in total. The first-order valence-corrected chi connectivity index (χ1v) is 9.17. The van der Waals surface area contributed by atoms with Crippen LogP contribution < -0.4 is 0 Å². The normalized spacial score (nSPS) is 22.1. The van der Waals surface area contributed by atoms with Crippen LogP contribution in [0.5, 0.6) is 0 Å². The summed E-state index contributed by atoms with van der Waals surface area (Å²) < 4.78 is 1.98. The predicted octanol–water partition coefficient (Wildman–Crippen LogP) is 2.57. The number of nitrogens with zero attached hydrogens (tertiary/aromatic N) is 4. The van der Waals surface area contributed by atoms with E-state index in [1.165, 1.54) is 30.5 Å². The van der Waals surface area contributed by atoms with Crippen LogP contribution in [-0.2, 0) is 18.4 Å². The number of carbonyl (C=O) groups is 1. The summed E-state index contributed by atoms with van der Waals surface area (Å²) in [7, 11) is 1.96. The Morgan fingerprint density at radius 1 is 1.29 bits per heavy atom. The van der Waals surface area contributed by atoms with Crippen LogP contribution in [0.15, 0.2) is 6.07 Å². The number of hydrogen-bond acceptors (Lipinski definition) is 3. The van der Waals surface area contributed by atoms with Gasteiger partial charge in [-0.25, -0.2) is 0 Å². The molecule has 2 aliphatic rings. The lowest BCUT2D eigenvalue weighted by atomic mass is 9.98. The SMILES string of the molecule is Cc1c(CN2CCCC[C@H]2CCN2CCCC2=O)cc(C#N)n1C. The van der Waals surface area contributed by atoms with Gasteiger partial charge in [-0.15, -0.1) is 0 Å². The lowest BCUT2D eigenvalue weighted by molar-refractivity contribution is -0.127. The Balaban J connectivity index is 1.64. The molecule has 1 aromatic heterocycles. The van der Waals surface area contributed by atoms with Crippen LogP contribution >= 0.6 is 0 Å². The van der Waals surface area contributed by atoms with E-state index in [4.69, 9.17) is 0 Å². The van der Waals surface area contributed by atoms with E-state index in [0.29, 0.717) is 11.9 Å². The maximum absolute atomic E-state index is 11.8. The Morgan fingerprint density at radius 3 is 2.79 bits per heavy atom. The van der Waals surface area contributed by atoms with Crippen molar-refractivity contribution in [1.82, 2.24) is 14.4 Å². The maximum atomic E-state index is 11.8. The van der Waals surface area contributed by atoms with E-state index < -0.39 is 0 Å². The summed E-state index contributed by atoms with van der Waals surface area (Å²) in [6.45, 7) is 5.97. The molecule has 2 saturated heterocycles. The number of likely N-dealkylation sites (tertiary alicyclic amines) is 2. The van der Waals surface area contributed by atoms with Gasteiger partial charge in [0.2, 0.25) is 5.91 Å². The highest BCUT2D eigenvalue weighted by Crippen LogP contribution is 2.25. The molecular formula is C19H28N4O. The van der Waals surface area contributed by atoms with Gasteiger partial charge in [0.15, 0.2) is 0 Å². The summed E-state index contributed by atoms with van der Waals surface area (Å²) >= 11 is 0. The highest BCUT2D eigenvalue weighted by molar-refractivity contribution is 5.78. The summed E-state index contributed by atoms with van der Waals surface area (Å²) in [4.78, 5) is 16.4. The van der Waals surface area contributed by atoms with E-state index in [1.54, 1.807) is 0 Å². The molecule has 0 radical (unpaired) electrons. The van der Waals surface area contributed by atoms with Gasteiger partial charge in [0, 0.05) is 44.8 Å². The molecule has 0 saturated carbocycles. The van der Waals surface area contributed by atoms with Gasteiger partial charge in [-0.3, -0.25) is 9.69 Å². The monoisotopic (exact) mass is 328 g/mol. The highest BCUT2D eigenvalue weighted by Gasteiger charge is 2.26. The second-order valence-electron chi connectivity index (χ2n) is 7.20. The Morgan fingerprint density at radius 2 is 2.12 bits per heavy atom. The van der Waals surface area contributed by atoms with Crippen LogP contribution in [0.4, 0.5) is 0 Å². The fraction of sp³-hybridized carbons (Fsp3) is 0.684. The molecule has 2 aliphatic heterocycles. The van der Waals surface area contributed by atoms with Crippen molar-refractivity contribution in [1.29, 1.82) is 5.26 Å². The van der Waals surface area contributed by atoms with Crippen molar-refractivity contribution in [3.8, 4) is 6.07 Å². The number of nitriles is 1. The second kappa shape index (κ2) is 7.40. The molecule has 0 aromatic carbocycles. The van der Waals surface area contributed by atoms with Crippen molar-refractivity contribution >= 4 is 5.91 Å². The molecule has 130 valence electrons. The van der Waals surface area contributed by atoms with E-state index in [2.05, 4.69) is 17.9 Å². The summed E-state index contributed by atoms with van der Waals surface area (Å²) in [5, 5.41) is 9.22. The Hall–Kier alpha value is -1.80. The van der Waals surface area contributed by atoms with Gasteiger partial charge in [-0.05, 0) is 50.8 Å². The topological polar surface area (TPSA) is 52.3 Å². The van der Waals surface area contributed by atoms with Crippen molar-refractivity contribution in [3.05, 3.63) is 23.0 Å². The Bertz CT molecular complexity index is 643. The smallest absolute Gasteiger partial charge is 0.222 e. The number of aromatic nitrogens is 1. The van der Waals surface area contributed by atoms with Gasteiger partial charge in [0.05, 0.1) is 0 Å². The summed E-state index contributed by atoms with van der Waals surface area (Å²) in [6.07, 6.45) is 6.58. The molecule has 1 aromatic rings. The highest BCUT2D eigenvalue weighted by atomic mass is 16.2. The zero-order valence-corrected chi connectivity index (χ0v) is 14.9. The molecule has 0 unspecified atom stereocenters. The van der Waals surface area contributed by atoms with Gasteiger partial charge in [0.1, 0.15) is 11.8 Å². The molecule has 0 spiro atoms. The average Bonchev–Trinajstić information content (AvgIpc) is 3.12. The molecule has 3 rings (SSSR count). The lowest BCUT2D eigenvalue weighted by Gasteiger charge is -2.36. The van der Waals surface area contributed by atoms with E-state index in [-0.39, 0.29) is 0 Å². The fourth-order valence-corrected chi connectivity index (χ4v) is 4.09. The van der Waals surface area contributed by atoms with Crippen molar-refractivity contribution < 1.29 is 4.79 Å². The van der Waals surface area contributed by atoms with Gasteiger partial charge >= 0.3 is 0 Å². The summed E-state index contributed by atoms with van der Waals surface area (Å²) in [5.74, 6) is 0.329. The van der Waals surface area contributed by atoms with Crippen molar-refractivity contribution in [2.24, 2.45) is 7.05 Å². The summed E-state index contributed by atoms with van der Waals surface area (Å²) in [5.41, 5.74) is 3.18. The summed E-state index contributed by atoms with van der Waals surface area (Å²) in [6, 6.07) is 4.86. The molecule has 5 nitrogen and oxygen atoms in total. The van der Waals surface area contributed by atoms with E-state index in [1.807, 2.05) is 22.6 Å². The first kappa shape index (κ1) is 17.0. The van der Waals surface area contributed by atoms with Crippen molar-refractivity contribution in [2.45, 2.75) is 58.0 Å². The number of rotatable bonds is 5. The molecule has 1 atom stereocenters. The zero-order valence-electron chi connectivity index (χ0n) is 14.9. The van der Waals surface area contributed by atoms with Gasteiger partial charge in [-0.2, -0.15) is 5.26 Å². The molecule has 0 aliphatic carbocycles. The van der Waals surface area contributed by atoms with Crippen LogP contribution in [0.1, 0.15) is 55.5 Å². The van der Waals surface area contributed by atoms with Gasteiger partial charge < -0.3 is 9.47 Å². The maximum Gasteiger partial charge on any atom is 0.222 e. The Labute approximate surface area is 144 Å². The van der Waals surface area contributed by atoms with Gasteiger partial charge in [0.25, 0.3) is 0 Å². The third-order valence-electron chi connectivity index (χ3n) is 5.78. The van der Waals surface area contributed by atoms with Crippen LogP contribution in [0.2, 0.25) is 0 Å². The molecule has 1 amide bonds. The van der Waals surface area contributed by atoms with Crippen LogP contribution in [0.3, 0.4) is 0 Å². The van der Waals surface area contributed by atoms with Crippen molar-refractivity contribution in [2.75, 3.05) is 19.6 Å². The van der Waals surface area contributed by atoms with E-state index in [9.17, 15) is 10.1 Å². The quantitative estimate of drug-likeness (QED) is 0.835.